The van der Waals surface area contributed by atoms with Gasteiger partial charge in [-0.2, -0.15) is 0 Å². The molecule has 1 aliphatic heterocycles. The van der Waals surface area contributed by atoms with Gasteiger partial charge in [-0.05, 0) is 33.6 Å². The van der Waals surface area contributed by atoms with E-state index in [0.717, 1.165) is 12.8 Å². The monoisotopic (exact) mass is 243 g/mol. The average molecular weight is 243 g/mol. The SMILES string of the molecule is CC(C)(C)OC(=O)N1CCCC(COC=O)C1. The maximum absolute atomic E-state index is 11.8. The van der Waals surface area contributed by atoms with Gasteiger partial charge in [-0.25, -0.2) is 4.79 Å². The Labute approximate surface area is 102 Å². The van der Waals surface area contributed by atoms with Crippen LogP contribution >= 0.6 is 0 Å². The van der Waals surface area contributed by atoms with Crippen molar-refractivity contribution in [1.29, 1.82) is 0 Å². The van der Waals surface area contributed by atoms with E-state index in [1.54, 1.807) is 4.90 Å². The minimum absolute atomic E-state index is 0.224. The van der Waals surface area contributed by atoms with Gasteiger partial charge in [-0.3, -0.25) is 4.79 Å². The third kappa shape index (κ3) is 5.06. The summed E-state index contributed by atoms with van der Waals surface area (Å²) in [5, 5.41) is 0. The van der Waals surface area contributed by atoms with Gasteiger partial charge in [0.2, 0.25) is 0 Å². The van der Waals surface area contributed by atoms with Crippen LogP contribution in [0.2, 0.25) is 0 Å². The number of amides is 1. The molecule has 17 heavy (non-hydrogen) atoms. The van der Waals surface area contributed by atoms with E-state index >= 15 is 0 Å². The Balaban J connectivity index is 2.43. The summed E-state index contributed by atoms with van der Waals surface area (Å²) in [6.07, 6.45) is 1.62. The Bertz CT molecular complexity index is 272. The van der Waals surface area contributed by atoms with Crippen LogP contribution in [-0.2, 0) is 14.3 Å². The van der Waals surface area contributed by atoms with Crippen molar-refractivity contribution in [3.63, 3.8) is 0 Å². The molecular weight excluding hydrogens is 222 g/mol. The standard InChI is InChI=1S/C12H21NO4/c1-12(2,3)17-11(15)13-6-4-5-10(7-13)8-16-9-14/h9-10H,4-8H2,1-3H3. The van der Waals surface area contributed by atoms with Gasteiger partial charge in [0.05, 0.1) is 6.61 Å². The molecule has 1 saturated heterocycles. The van der Waals surface area contributed by atoms with E-state index in [0.29, 0.717) is 26.2 Å². The summed E-state index contributed by atoms with van der Waals surface area (Å²) < 4.78 is 10.0. The molecule has 0 radical (unpaired) electrons. The Morgan fingerprint density at radius 1 is 1.47 bits per heavy atom. The van der Waals surface area contributed by atoms with E-state index in [1.807, 2.05) is 20.8 Å². The number of hydrogen-bond acceptors (Lipinski definition) is 4. The molecule has 1 amide bonds. The molecule has 0 N–H and O–H groups in total. The molecule has 1 unspecified atom stereocenters. The molecule has 0 aromatic rings. The predicted molar refractivity (Wildman–Crippen MR) is 62.5 cm³/mol. The first-order valence-electron chi connectivity index (χ1n) is 5.95. The highest BCUT2D eigenvalue weighted by Crippen LogP contribution is 2.19. The topological polar surface area (TPSA) is 55.8 Å². The molecule has 1 aliphatic rings. The first-order valence-corrected chi connectivity index (χ1v) is 5.95. The lowest BCUT2D eigenvalue weighted by molar-refractivity contribution is -0.130. The molecule has 5 nitrogen and oxygen atoms in total. The van der Waals surface area contributed by atoms with Gasteiger partial charge in [0.15, 0.2) is 0 Å². The second-order valence-corrected chi connectivity index (χ2v) is 5.36. The highest BCUT2D eigenvalue weighted by molar-refractivity contribution is 5.68. The van der Waals surface area contributed by atoms with Crippen molar-refractivity contribution >= 4 is 12.6 Å². The molecule has 0 saturated carbocycles. The van der Waals surface area contributed by atoms with Crippen molar-refractivity contribution < 1.29 is 19.1 Å². The minimum Gasteiger partial charge on any atom is -0.468 e. The maximum Gasteiger partial charge on any atom is 0.410 e. The second-order valence-electron chi connectivity index (χ2n) is 5.36. The van der Waals surface area contributed by atoms with Gasteiger partial charge in [-0.1, -0.05) is 0 Å². The molecule has 0 aliphatic carbocycles. The quantitative estimate of drug-likeness (QED) is 0.709. The van der Waals surface area contributed by atoms with Crippen LogP contribution in [-0.4, -0.2) is 42.8 Å². The van der Waals surface area contributed by atoms with Crippen LogP contribution in [0, 0.1) is 5.92 Å². The van der Waals surface area contributed by atoms with Crippen LogP contribution in [0.3, 0.4) is 0 Å². The van der Waals surface area contributed by atoms with Crippen LogP contribution in [0.1, 0.15) is 33.6 Å². The number of nitrogens with zero attached hydrogens (tertiary/aromatic N) is 1. The third-order valence-corrected chi connectivity index (χ3v) is 2.57. The van der Waals surface area contributed by atoms with Crippen molar-refractivity contribution in [1.82, 2.24) is 4.90 Å². The maximum atomic E-state index is 11.8. The van der Waals surface area contributed by atoms with E-state index < -0.39 is 5.60 Å². The first kappa shape index (κ1) is 13.8. The first-order chi connectivity index (χ1) is 7.92. The summed E-state index contributed by atoms with van der Waals surface area (Å²) in [7, 11) is 0. The van der Waals surface area contributed by atoms with E-state index in [9.17, 15) is 9.59 Å². The van der Waals surface area contributed by atoms with Crippen molar-refractivity contribution in [2.24, 2.45) is 5.92 Å². The average Bonchev–Trinajstić information content (AvgIpc) is 2.24. The van der Waals surface area contributed by atoms with E-state index in [4.69, 9.17) is 9.47 Å². The molecule has 0 bridgehead atoms. The molecule has 1 atom stereocenters. The van der Waals surface area contributed by atoms with Gasteiger partial charge in [-0.15, -0.1) is 0 Å². The van der Waals surface area contributed by atoms with Crippen LogP contribution in [0.25, 0.3) is 0 Å². The summed E-state index contributed by atoms with van der Waals surface area (Å²) >= 11 is 0. The van der Waals surface area contributed by atoms with Crippen LogP contribution in [0.15, 0.2) is 0 Å². The number of likely N-dealkylation sites (tertiary alicyclic amines) is 1. The van der Waals surface area contributed by atoms with Crippen molar-refractivity contribution in [2.75, 3.05) is 19.7 Å². The van der Waals surface area contributed by atoms with Crippen molar-refractivity contribution in [3.05, 3.63) is 0 Å². The molecule has 1 rings (SSSR count). The van der Waals surface area contributed by atoms with Crippen molar-refractivity contribution in [2.45, 2.75) is 39.2 Å². The minimum atomic E-state index is -0.469. The van der Waals surface area contributed by atoms with Gasteiger partial charge in [0, 0.05) is 19.0 Å². The lowest BCUT2D eigenvalue weighted by Crippen LogP contribution is -2.43. The highest BCUT2D eigenvalue weighted by Gasteiger charge is 2.27. The molecule has 0 aromatic heterocycles. The summed E-state index contributed by atoms with van der Waals surface area (Å²) in [6, 6.07) is 0. The number of piperidine rings is 1. The van der Waals surface area contributed by atoms with Gasteiger partial charge < -0.3 is 14.4 Å². The normalized spacial score (nSPS) is 20.9. The Kier molecular flexibility index (Phi) is 4.78. The number of carbonyl (C=O) groups excluding carboxylic acids is 2. The number of carbonyl (C=O) groups is 2. The van der Waals surface area contributed by atoms with Gasteiger partial charge in [0.25, 0.3) is 6.47 Å². The van der Waals surface area contributed by atoms with E-state index in [2.05, 4.69) is 0 Å². The second kappa shape index (κ2) is 5.89. The zero-order valence-corrected chi connectivity index (χ0v) is 10.8. The molecule has 5 heteroatoms. The number of ether oxygens (including phenoxy) is 2. The lowest BCUT2D eigenvalue weighted by atomic mass is 9.99. The zero-order valence-electron chi connectivity index (χ0n) is 10.8. The van der Waals surface area contributed by atoms with Gasteiger partial charge >= 0.3 is 6.09 Å². The summed E-state index contributed by atoms with van der Waals surface area (Å²) in [5.74, 6) is 0.224. The fourth-order valence-electron chi connectivity index (χ4n) is 1.87. The Morgan fingerprint density at radius 2 is 2.18 bits per heavy atom. The lowest BCUT2D eigenvalue weighted by Gasteiger charge is -2.33. The fourth-order valence-corrected chi connectivity index (χ4v) is 1.87. The van der Waals surface area contributed by atoms with Crippen LogP contribution < -0.4 is 0 Å². The largest absolute Gasteiger partial charge is 0.468 e. The molecule has 98 valence electrons. The molecular formula is C12H21NO4. The van der Waals surface area contributed by atoms with E-state index in [-0.39, 0.29) is 12.0 Å². The van der Waals surface area contributed by atoms with E-state index in [1.165, 1.54) is 0 Å². The molecule has 1 fully saturated rings. The number of hydrogen-bond donors (Lipinski definition) is 0. The van der Waals surface area contributed by atoms with Crippen LogP contribution in [0.5, 0.6) is 0 Å². The van der Waals surface area contributed by atoms with Gasteiger partial charge in [0.1, 0.15) is 5.60 Å². The summed E-state index contributed by atoms with van der Waals surface area (Å²) in [5.41, 5.74) is -0.469. The fraction of sp³-hybridized carbons (Fsp3) is 0.833. The predicted octanol–water partition coefficient (Wildman–Crippen LogP) is 1.81. The highest BCUT2D eigenvalue weighted by atomic mass is 16.6. The molecule has 0 aromatic carbocycles. The van der Waals surface area contributed by atoms with Crippen LogP contribution in [0.4, 0.5) is 4.79 Å². The zero-order chi connectivity index (χ0) is 12.9. The molecule has 0 spiro atoms. The molecule has 1 heterocycles. The summed E-state index contributed by atoms with van der Waals surface area (Å²) in [4.78, 5) is 23.6. The summed E-state index contributed by atoms with van der Waals surface area (Å²) in [6.45, 7) is 7.69. The third-order valence-electron chi connectivity index (χ3n) is 2.57. The number of rotatable bonds is 3. The Hall–Kier alpha value is -1.26. The Morgan fingerprint density at radius 3 is 2.76 bits per heavy atom. The van der Waals surface area contributed by atoms with Crippen molar-refractivity contribution in [3.8, 4) is 0 Å². The smallest absolute Gasteiger partial charge is 0.410 e.